The summed E-state index contributed by atoms with van der Waals surface area (Å²) in [7, 11) is 3.31. The molecule has 1 unspecified atom stereocenters. The maximum atomic E-state index is 9.19. The number of methoxy groups -OCH3 is 2. The van der Waals surface area contributed by atoms with Gasteiger partial charge >= 0.3 is 0 Å². The average molecular weight is 346 g/mol. The van der Waals surface area contributed by atoms with Crippen molar-refractivity contribution in [1.82, 2.24) is 4.90 Å². The molecule has 1 heterocycles. The molecule has 0 aromatic heterocycles. The first-order valence-electron chi connectivity index (χ1n) is 6.53. The van der Waals surface area contributed by atoms with Gasteiger partial charge in [-0.05, 0) is 28.1 Å². The molecular formula is C14H20BrNO4. The Labute approximate surface area is 127 Å². The van der Waals surface area contributed by atoms with E-state index < -0.39 is 0 Å². The molecule has 112 valence electrons. The normalized spacial score (nSPS) is 19.9. The van der Waals surface area contributed by atoms with Crippen molar-refractivity contribution < 1.29 is 19.3 Å². The van der Waals surface area contributed by atoms with Crippen LogP contribution in [0.5, 0.6) is 11.5 Å². The molecule has 1 aromatic carbocycles. The van der Waals surface area contributed by atoms with Crippen molar-refractivity contribution in [3.05, 3.63) is 22.2 Å². The van der Waals surface area contributed by atoms with E-state index in [1.54, 1.807) is 14.2 Å². The smallest absolute Gasteiger partial charge is 0.133 e. The van der Waals surface area contributed by atoms with Crippen LogP contribution < -0.4 is 9.47 Å². The minimum atomic E-state index is -0.105. The van der Waals surface area contributed by atoms with E-state index in [9.17, 15) is 5.11 Å². The molecule has 6 heteroatoms. The Balaban J connectivity index is 2.15. The van der Waals surface area contributed by atoms with E-state index >= 15 is 0 Å². The maximum absolute atomic E-state index is 9.19. The molecule has 1 aromatic rings. The van der Waals surface area contributed by atoms with Crippen LogP contribution in [0.1, 0.15) is 5.56 Å². The highest BCUT2D eigenvalue weighted by Crippen LogP contribution is 2.33. The highest BCUT2D eigenvalue weighted by atomic mass is 79.9. The van der Waals surface area contributed by atoms with Crippen molar-refractivity contribution in [1.29, 1.82) is 0 Å². The number of hydrogen-bond donors (Lipinski definition) is 1. The number of aliphatic hydroxyl groups is 1. The lowest BCUT2D eigenvalue weighted by Gasteiger charge is -2.32. The lowest BCUT2D eigenvalue weighted by Crippen LogP contribution is -2.43. The highest BCUT2D eigenvalue weighted by molar-refractivity contribution is 9.10. The van der Waals surface area contributed by atoms with Crippen molar-refractivity contribution >= 4 is 15.9 Å². The van der Waals surface area contributed by atoms with Gasteiger partial charge in [0.25, 0.3) is 0 Å². The van der Waals surface area contributed by atoms with Crippen LogP contribution in [0.3, 0.4) is 0 Å². The van der Waals surface area contributed by atoms with Gasteiger partial charge in [-0.2, -0.15) is 0 Å². The molecule has 2 rings (SSSR count). The fraction of sp³-hybridized carbons (Fsp3) is 0.571. The fourth-order valence-corrected chi connectivity index (χ4v) is 2.81. The summed E-state index contributed by atoms with van der Waals surface area (Å²) in [6, 6.07) is 3.89. The zero-order valence-electron chi connectivity index (χ0n) is 11.8. The molecule has 0 aliphatic carbocycles. The summed E-state index contributed by atoms with van der Waals surface area (Å²) in [6.07, 6.45) is -0.105. The van der Waals surface area contributed by atoms with Gasteiger partial charge in [-0.15, -0.1) is 0 Å². The summed E-state index contributed by atoms with van der Waals surface area (Å²) in [4.78, 5) is 2.25. The van der Waals surface area contributed by atoms with Crippen LogP contribution >= 0.6 is 15.9 Å². The van der Waals surface area contributed by atoms with Crippen molar-refractivity contribution in [2.75, 3.05) is 40.5 Å². The van der Waals surface area contributed by atoms with E-state index in [-0.39, 0.29) is 12.7 Å². The summed E-state index contributed by atoms with van der Waals surface area (Å²) in [6.45, 7) is 3.00. The number of hydrogen-bond acceptors (Lipinski definition) is 5. The van der Waals surface area contributed by atoms with Gasteiger partial charge in [0.15, 0.2) is 0 Å². The van der Waals surface area contributed by atoms with Gasteiger partial charge in [0, 0.05) is 25.2 Å². The number of rotatable bonds is 5. The number of aliphatic hydroxyl groups excluding tert-OH is 1. The van der Waals surface area contributed by atoms with E-state index in [1.807, 2.05) is 12.1 Å². The Bertz CT molecular complexity index is 455. The molecule has 1 aliphatic rings. The molecule has 5 nitrogen and oxygen atoms in total. The van der Waals surface area contributed by atoms with Crippen LogP contribution in [0, 0.1) is 0 Å². The number of nitrogens with zero attached hydrogens (tertiary/aromatic N) is 1. The molecule has 0 spiro atoms. The lowest BCUT2D eigenvalue weighted by molar-refractivity contribution is -0.0552. The third-order valence-corrected chi connectivity index (χ3v) is 4.00. The summed E-state index contributed by atoms with van der Waals surface area (Å²) >= 11 is 3.46. The number of morpholine rings is 1. The molecule has 0 saturated carbocycles. The van der Waals surface area contributed by atoms with E-state index in [0.717, 1.165) is 41.2 Å². The van der Waals surface area contributed by atoms with Crippen LogP contribution in [0.15, 0.2) is 16.6 Å². The zero-order valence-corrected chi connectivity index (χ0v) is 13.4. The van der Waals surface area contributed by atoms with Crippen LogP contribution in [0.2, 0.25) is 0 Å². The van der Waals surface area contributed by atoms with Gasteiger partial charge in [-0.3, -0.25) is 4.90 Å². The predicted octanol–water partition coefficient (Wildman–Crippen LogP) is 1.66. The third kappa shape index (κ3) is 3.63. The van der Waals surface area contributed by atoms with E-state index in [0.29, 0.717) is 6.61 Å². The number of halogens is 1. The van der Waals surface area contributed by atoms with Crippen LogP contribution in [0.4, 0.5) is 0 Å². The minimum absolute atomic E-state index is 0.0529. The summed E-state index contributed by atoms with van der Waals surface area (Å²) < 4.78 is 17.1. The largest absolute Gasteiger partial charge is 0.496 e. The lowest BCUT2D eigenvalue weighted by atomic mass is 10.1. The van der Waals surface area contributed by atoms with E-state index in [4.69, 9.17) is 14.2 Å². The van der Waals surface area contributed by atoms with Gasteiger partial charge in [-0.1, -0.05) is 0 Å². The highest BCUT2D eigenvalue weighted by Gasteiger charge is 2.21. The first-order valence-corrected chi connectivity index (χ1v) is 7.32. The zero-order chi connectivity index (χ0) is 14.5. The standard InChI is InChI=1S/C14H20BrNO4/c1-18-13-6-12(15)14(19-2)5-10(13)7-16-3-4-20-11(8-16)9-17/h5-6,11,17H,3-4,7-9H2,1-2H3. The Hall–Kier alpha value is -0.820. The molecule has 20 heavy (non-hydrogen) atoms. The second-order valence-electron chi connectivity index (χ2n) is 4.71. The second-order valence-corrected chi connectivity index (χ2v) is 5.56. The third-order valence-electron chi connectivity index (χ3n) is 3.38. The van der Waals surface area contributed by atoms with Gasteiger partial charge in [0.1, 0.15) is 11.5 Å². The summed E-state index contributed by atoms with van der Waals surface area (Å²) in [5, 5.41) is 9.19. The van der Waals surface area contributed by atoms with Crippen LogP contribution in [0.25, 0.3) is 0 Å². The van der Waals surface area contributed by atoms with Crippen molar-refractivity contribution in [2.45, 2.75) is 12.6 Å². The van der Waals surface area contributed by atoms with Gasteiger partial charge in [-0.25, -0.2) is 0 Å². The summed E-state index contributed by atoms with van der Waals surface area (Å²) in [5.41, 5.74) is 1.06. The van der Waals surface area contributed by atoms with Crippen LogP contribution in [-0.4, -0.2) is 56.6 Å². The van der Waals surface area contributed by atoms with Gasteiger partial charge in [0.05, 0.1) is 38.0 Å². The fourth-order valence-electron chi connectivity index (χ4n) is 2.32. The maximum Gasteiger partial charge on any atom is 0.133 e. The van der Waals surface area contributed by atoms with E-state index in [1.165, 1.54) is 0 Å². The first-order chi connectivity index (χ1) is 9.67. The molecular weight excluding hydrogens is 326 g/mol. The molecule has 1 fully saturated rings. The van der Waals surface area contributed by atoms with Crippen LogP contribution in [-0.2, 0) is 11.3 Å². The molecule has 1 saturated heterocycles. The molecule has 1 N–H and O–H groups in total. The Kier molecular flexibility index (Phi) is 5.65. The van der Waals surface area contributed by atoms with Crippen molar-refractivity contribution in [2.24, 2.45) is 0 Å². The quantitative estimate of drug-likeness (QED) is 0.879. The topological polar surface area (TPSA) is 51.2 Å². The SMILES string of the molecule is COc1cc(CN2CCOC(CO)C2)c(OC)cc1Br. The van der Waals surface area contributed by atoms with Crippen molar-refractivity contribution in [3.63, 3.8) is 0 Å². The first kappa shape index (κ1) is 15.6. The van der Waals surface area contributed by atoms with Gasteiger partial charge < -0.3 is 19.3 Å². The minimum Gasteiger partial charge on any atom is -0.496 e. The van der Waals surface area contributed by atoms with Crippen molar-refractivity contribution in [3.8, 4) is 11.5 Å². The van der Waals surface area contributed by atoms with Gasteiger partial charge in [0.2, 0.25) is 0 Å². The average Bonchev–Trinajstić information content (AvgIpc) is 2.48. The molecule has 1 atom stereocenters. The molecule has 0 bridgehead atoms. The Morgan fingerprint density at radius 1 is 1.35 bits per heavy atom. The summed E-state index contributed by atoms with van der Waals surface area (Å²) in [5.74, 6) is 1.61. The molecule has 0 radical (unpaired) electrons. The monoisotopic (exact) mass is 345 g/mol. The number of ether oxygens (including phenoxy) is 3. The Morgan fingerprint density at radius 2 is 2.10 bits per heavy atom. The molecule has 0 amide bonds. The second kappa shape index (κ2) is 7.26. The number of benzene rings is 1. The predicted molar refractivity (Wildman–Crippen MR) is 79.3 cm³/mol. The Morgan fingerprint density at radius 3 is 2.75 bits per heavy atom. The van der Waals surface area contributed by atoms with E-state index in [2.05, 4.69) is 20.8 Å². The molecule has 1 aliphatic heterocycles.